The van der Waals surface area contributed by atoms with Gasteiger partial charge in [0.25, 0.3) is 5.91 Å². The fourth-order valence-corrected chi connectivity index (χ4v) is 3.32. The second-order valence-corrected chi connectivity index (χ2v) is 5.90. The molecule has 0 aromatic carbocycles. The molecule has 0 radical (unpaired) electrons. The van der Waals surface area contributed by atoms with E-state index in [0.29, 0.717) is 17.7 Å². The molecule has 6 nitrogen and oxygen atoms in total. The van der Waals surface area contributed by atoms with Gasteiger partial charge in [0.1, 0.15) is 5.69 Å². The summed E-state index contributed by atoms with van der Waals surface area (Å²) in [5.41, 5.74) is 1.32. The number of hydrogen-bond acceptors (Lipinski definition) is 4. The van der Waals surface area contributed by atoms with E-state index in [1.165, 1.54) is 0 Å². The number of amides is 1. The van der Waals surface area contributed by atoms with Crippen molar-refractivity contribution in [3.8, 4) is 5.69 Å². The number of fused-ring (bicyclic) bond motifs is 1. The number of carbonyl (C=O) groups is 1. The van der Waals surface area contributed by atoms with Gasteiger partial charge in [-0.2, -0.15) is 0 Å². The number of pyridine rings is 1. The summed E-state index contributed by atoms with van der Waals surface area (Å²) >= 11 is 0. The molecular weight excluding hydrogens is 280 g/mol. The van der Waals surface area contributed by atoms with Crippen molar-refractivity contribution >= 4 is 5.91 Å². The van der Waals surface area contributed by atoms with E-state index in [0.717, 1.165) is 31.6 Å². The molecule has 2 aliphatic rings. The molecule has 2 aromatic rings. The Morgan fingerprint density at radius 3 is 3.18 bits per heavy atom. The maximum absolute atomic E-state index is 12.4. The first-order valence-electron chi connectivity index (χ1n) is 7.68. The highest BCUT2D eigenvalue weighted by Gasteiger charge is 2.44. The Bertz CT molecular complexity index is 671. The molecule has 0 spiro atoms. The van der Waals surface area contributed by atoms with Crippen LogP contribution in [0.5, 0.6) is 0 Å². The van der Waals surface area contributed by atoms with Crippen molar-refractivity contribution in [1.82, 2.24) is 19.9 Å². The van der Waals surface area contributed by atoms with Crippen LogP contribution in [0.15, 0.2) is 37.1 Å². The van der Waals surface area contributed by atoms with Gasteiger partial charge in [-0.3, -0.25) is 9.78 Å². The highest BCUT2D eigenvalue weighted by atomic mass is 16.5. The van der Waals surface area contributed by atoms with Crippen LogP contribution in [0.25, 0.3) is 5.69 Å². The Labute approximate surface area is 128 Å². The van der Waals surface area contributed by atoms with Crippen LogP contribution >= 0.6 is 0 Å². The zero-order valence-electron chi connectivity index (χ0n) is 12.2. The molecule has 3 atom stereocenters. The number of carbonyl (C=O) groups excluding carboxylic acids is 1. The SMILES string of the molecule is O=C(NC1CC2OCCCC12)c1cc(-n2ccnc2)ccn1. The zero-order chi connectivity index (χ0) is 14.9. The van der Waals surface area contributed by atoms with Gasteiger partial charge < -0.3 is 14.6 Å². The average molecular weight is 298 g/mol. The molecule has 1 saturated carbocycles. The van der Waals surface area contributed by atoms with Crippen LogP contribution in [0.1, 0.15) is 29.8 Å². The van der Waals surface area contributed by atoms with Crippen molar-refractivity contribution in [3.05, 3.63) is 42.7 Å². The maximum atomic E-state index is 12.4. The molecule has 1 amide bonds. The fourth-order valence-electron chi connectivity index (χ4n) is 3.32. The van der Waals surface area contributed by atoms with Crippen molar-refractivity contribution in [3.63, 3.8) is 0 Å². The minimum atomic E-state index is -0.115. The molecule has 4 rings (SSSR count). The molecule has 1 N–H and O–H groups in total. The van der Waals surface area contributed by atoms with E-state index in [1.54, 1.807) is 24.8 Å². The Balaban J connectivity index is 1.46. The fraction of sp³-hybridized carbons (Fsp3) is 0.438. The Kier molecular flexibility index (Phi) is 3.38. The van der Waals surface area contributed by atoms with Crippen LogP contribution in [0.4, 0.5) is 0 Å². The van der Waals surface area contributed by atoms with E-state index < -0.39 is 0 Å². The lowest BCUT2D eigenvalue weighted by atomic mass is 9.72. The average Bonchev–Trinajstić information content (AvgIpc) is 3.07. The Hall–Kier alpha value is -2.21. The third-order valence-electron chi connectivity index (χ3n) is 4.59. The van der Waals surface area contributed by atoms with E-state index in [9.17, 15) is 4.79 Å². The lowest BCUT2D eigenvalue weighted by Crippen LogP contribution is -2.57. The molecule has 22 heavy (non-hydrogen) atoms. The van der Waals surface area contributed by atoms with Crippen molar-refractivity contribution < 1.29 is 9.53 Å². The summed E-state index contributed by atoms with van der Waals surface area (Å²) in [6.07, 6.45) is 10.4. The quantitative estimate of drug-likeness (QED) is 0.934. The molecule has 6 heteroatoms. The molecule has 114 valence electrons. The maximum Gasteiger partial charge on any atom is 0.270 e. The van der Waals surface area contributed by atoms with Gasteiger partial charge in [-0.1, -0.05) is 0 Å². The summed E-state index contributed by atoms with van der Waals surface area (Å²) in [7, 11) is 0. The van der Waals surface area contributed by atoms with E-state index in [1.807, 2.05) is 16.8 Å². The number of rotatable bonds is 3. The van der Waals surface area contributed by atoms with Gasteiger partial charge in [-0.25, -0.2) is 4.98 Å². The lowest BCUT2D eigenvalue weighted by molar-refractivity contribution is -0.100. The zero-order valence-corrected chi connectivity index (χ0v) is 12.2. The minimum absolute atomic E-state index is 0.115. The van der Waals surface area contributed by atoms with Crippen LogP contribution < -0.4 is 5.32 Å². The monoisotopic (exact) mass is 298 g/mol. The van der Waals surface area contributed by atoms with Crippen LogP contribution in [0.2, 0.25) is 0 Å². The number of ether oxygens (including phenoxy) is 1. The number of nitrogens with zero attached hydrogens (tertiary/aromatic N) is 3. The Morgan fingerprint density at radius 2 is 2.36 bits per heavy atom. The smallest absolute Gasteiger partial charge is 0.270 e. The molecule has 3 unspecified atom stereocenters. The summed E-state index contributed by atoms with van der Waals surface area (Å²) in [6.45, 7) is 0.857. The minimum Gasteiger partial charge on any atom is -0.378 e. The first-order chi connectivity index (χ1) is 10.8. The first kappa shape index (κ1) is 13.5. The first-order valence-corrected chi connectivity index (χ1v) is 7.68. The van der Waals surface area contributed by atoms with Crippen LogP contribution in [0, 0.1) is 5.92 Å². The van der Waals surface area contributed by atoms with Crippen molar-refractivity contribution in [2.45, 2.75) is 31.4 Å². The number of imidazole rings is 1. The third-order valence-corrected chi connectivity index (χ3v) is 4.59. The van der Waals surface area contributed by atoms with E-state index in [-0.39, 0.29) is 11.9 Å². The second-order valence-electron chi connectivity index (χ2n) is 5.90. The topological polar surface area (TPSA) is 69.0 Å². The number of nitrogens with one attached hydrogen (secondary N) is 1. The summed E-state index contributed by atoms with van der Waals surface area (Å²) in [5, 5.41) is 3.10. The van der Waals surface area contributed by atoms with Gasteiger partial charge in [-0.15, -0.1) is 0 Å². The van der Waals surface area contributed by atoms with Crippen LogP contribution in [-0.4, -0.2) is 39.2 Å². The second kappa shape index (κ2) is 5.53. The predicted octanol–water partition coefficient (Wildman–Crippen LogP) is 1.56. The molecule has 3 heterocycles. The Morgan fingerprint density at radius 1 is 1.41 bits per heavy atom. The van der Waals surface area contributed by atoms with Crippen molar-refractivity contribution in [2.75, 3.05) is 6.61 Å². The molecule has 2 fully saturated rings. The van der Waals surface area contributed by atoms with Crippen molar-refractivity contribution in [1.29, 1.82) is 0 Å². The van der Waals surface area contributed by atoms with E-state index >= 15 is 0 Å². The number of aromatic nitrogens is 3. The summed E-state index contributed by atoms with van der Waals surface area (Å²) < 4.78 is 7.54. The van der Waals surface area contributed by atoms with Crippen LogP contribution in [0.3, 0.4) is 0 Å². The molecule has 1 saturated heterocycles. The summed E-state index contributed by atoms with van der Waals surface area (Å²) in [6, 6.07) is 3.86. The van der Waals surface area contributed by atoms with E-state index in [4.69, 9.17) is 4.74 Å². The number of hydrogen-bond donors (Lipinski definition) is 1. The largest absolute Gasteiger partial charge is 0.378 e. The van der Waals surface area contributed by atoms with Gasteiger partial charge in [0.15, 0.2) is 0 Å². The normalized spacial score (nSPS) is 26.8. The summed E-state index contributed by atoms with van der Waals surface area (Å²) in [4.78, 5) is 20.6. The van der Waals surface area contributed by atoms with Gasteiger partial charge in [0.05, 0.1) is 18.1 Å². The van der Waals surface area contributed by atoms with Crippen LogP contribution in [-0.2, 0) is 4.74 Å². The highest BCUT2D eigenvalue weighted by molar-refractivity contribution is 5.93. The molecule has 1 aliphatic carbocycles. The van der Waals surface area contributed by atoms with Gasteiger partial charge >= 0.3 is 0 Å². The highest BCUT2D eigenvalue weighted by Crippen LogP contribution is 2.37. The van der Waals surface area contributed by atoms with Gasteiger partial charge in [0, 0.05) is 37.2 Å². The van der Waals surface area contributed by atoms with Gasteiger partial charge in [0.2, 0.25) is 0 Å². The van der Waals surface area contributed by atoms with E-state index in [2.05, 4.69) is 15.3 Å². The van der Waals surface area contributed by atoms with Gasteiger partial charge in [-0.05, 0) is 31.4 Å². The molecule has 0 bridgehead atoms. The molecule has 1 aliphatic heterocycles. The third kappa shape index (κ3) is 2.39. The molecular formula is C16H18N4O2. The predicted molar refractivity (Wildman–Crippen MR) is 79.7 cm³/mol. The van der Waals surface area contributed by atoms with Crippen molar-refractivity contribution in [2.24, 2.45) is 5.92 Å². The standard InChI is InChI=1S/C16H18N4O2/c21-16(19-13-9-15-12(13)2-1-7-22-15)14-8-11(3-4-18-14)20-6-5-17-10-20/h3-6,8,10,12-13,15H,1-2,7,9H2,(H,19,21). The molecule has 2 aromatic heterocycles. The summed E-state index contributed by atoms with van der Waals surface area (Å²) in [5.74, 6) is 0.352. The lowest BCUT2D eigenvalue weighted by Gasteiger charge is -2.47.